The molecule has 0 amide bonds. The van der Waals surface area contributed by atoms with E-state index in [1.54, 1.807) is 18.2 Å². The van der Waals surface area contributed by atoms with Gasteiger partial charge in [0.25, 0.3) is 0 Å². The van der Waals surface area contributed by atoms with Gasteiger partial charge in [-0.05, 0) is 61.1 Å². The first-order valence-corrected chi connectivity index (χ1v) is 7.69. The van der Waals surface area contributed by atoms with Crippen LogP contribution in [0.15, 0.2) is 48.5 Å². The van der Waals surface area contributed by atoms with E-state index >= 15 is 0 Å². The molecule has 2 aromatic rings. The van der Waals surface area contributed by atoms with E-state index in [-0.39, 0.29) is 17.2 Å². The van der Waals surface area contributed by atoms with Gasteiger partial charge in [0, 0.05) is 0 Å². The minimum absolute atomic E-state index is 0.131. The summed E-state index contributed by atoms with van der Waals surface area (Å²) in [4.78, 5) is 0. The molecule has 23 heavy (non-hydrogen) atoms. The summed E-state index contributed by atoms with van der Waals surface area (Å²) in [5, 5.41) is 37.9. The first-order valence-electron chi connectivity index (χ1n) is 7.69. The predicted molar refractivity (Wildman–Crippen MR) is 90.5 cm³/mol. The van der Waals surface area contributed by atoms with Crippen molar-refractivity contribution in [3.05, 3.63) is 59.7 Å². The second kappa shape index (κ2) is 8.25. The highest BCUT2D eigenvalue weighted by molar-refractivity contribution is 5.50. The number of hydrogen-bond donors (Lipinski definition) is 4. The number of aliphatic hydroxyl groups is 1. The van der Waals surface area contributed by atoms with E-state index in [1.165, 1.54) is 12.1 Å². The average Bonchev–Trinajstić information content (AvgIpc) is 2.54. The summed E-state index contributed by atoms with van der Waals surface area (Å²) in [6, 6.07) is 11.7. The second-order valence-electron chi connectivity index (χ2n) is 5.59. The van der Waals surface area contributed by atoms with Crippen molar-refractivity contribution in [2.45, 2.75) is 31.8 Å². The summed E-state index contributed by atoms with van der Waals surface area (Å²) in [7, 11) is 0. The molecule has 4 nitrogen and oxygen atoms in total. The summed E-state index contributed by atoms with van der Waals surface area (Å²) in [5.41, 5.74) is 1.90. The molecule has 2 rings (SSSR count). The Bertz CT molecular complexity index is 647. The Morgan fingerprint density at radius 1 is 0.870 bits per heavy atom. The summed E-state index contributed by atoms with van der Waals surface area (Å²) >= 11 is 0. The van der Waals surface area contributed by atoms with Gasteiger partial charge in [-0.2, -0.15) is 0 Å². The van der Waals surface area contributed by atoms with E-state index in [0.29, 0.717) is 19.3 Å². The summed E-state index contributed by atoms with van der Waals surface area (Å²) in [5.74, 6) is -0.0136. The standard InChI is InChI=1S/C19H22O4/c20-16(11-7-15-8-12-18(22)19(23)13-15)4-2-1-3-14-5-9-17(21)10-6-14/h1,3,5-6,8-10,12-13,16,20-23H,2,4,7,11H2/t16-/m1/s1. The molecule has 0 aliphatic heterocycles. The second-order valence-corrected chi connectivity index (χ2v) is 5.59. The maximum absolute atomic E-state index is 9.99. The van der Waals surface area contributed by atoms with Crippen LogP contribution in [-0.2, 0) is 6.42 Å². The lowest BCUT2D eigenvalue weighted by Gasteiger charge is -2.09. The molecule has 0 saturated heterocycles. The molecule has 0 bridgehead atoms. The highest BCUT2D eigenvalue weighted by Gasteiger charge is 2.05. The van der Waals surface area contributed by atoms with Crippen LogP contribution in [0.3, 0.4) is 0 Å². The first kappa shape index (κ1) is 16.9. The van der Waals surface area contributed by atoms with Crippen molar-refractivity contribution in [2.75, 3.05) is 0 Å². The lowest BCUT2D eigenvalue weighted by atomic mass is 10.0. The van der Waals surface area contributed by atoms with Crippen LogP contribution in [0.25, 0.3) is 6.08 Å². The highest BCUT2D eigenvalue weighted by atomic mass is 16.3. The maximum Gasteiger partial charge on any atom is 0.157 e. The summed E-state index contributed by atoms with van der Waals surface area (Å²) in [6.07, 6.45) is 6.25. The van der Waals surface area contributed by atoms with Crippen LogP contribution in [0.4, 0.5) is 0 Å². The van der Waals surface area contributed by atoms with Crippen LogP contribution in [-0.4, -0.2) is 26.5 Å². The van der Waals surface area contributed by atoms with Gasteiger partial charge >= 0.3 is 0 Å². The number of allylic oxidation sites excluding steroid dienone is 1. The van der Waals surface area contributed by atoms with Crippen LogP contribution >= 0.6 is 0 Å². The fourth-order valence-corrected chi connectivity index (χ4v) is 2.30. The molecular weight excluding hydrogens is 292 g/mol. The van der Waals surface area contributed by atoms with Crippen molar-refractivity contribution >= 4 is 6.08 Å². The van der Waals surface area contributed by atoms with Gasteiger partial charge in [0.1, 0.15) is 5.75 Å². The number of aromatic hydroxyl groups is 3. The number of phenolic OH excluding ortho intramolecular Hbond substituents is 3. The fourth-order valence-electron chi connectivity index (χ4n) is 2.30. The quantitative estimate of drug-likeness (QED) is 0.589. The number of rotatable bonds is 7. The van der Waals surface area contributed by atoms with Crippen LogP contribution in [0.1, 0.15) is 30.4 Å². The third kappa shape index (κ3) is 5.68. The zero-order chi connectivity index (χ0) is 16.7. The number of hydrogen-bond acceptors (Lipinski definition) is 4. The van der Waals surface area contributed by atoms with Gasteiger partial charge in [-0.25, -0.2) is 0 Å². The Hall–Kier alpha value is -2.46. The third-order valence-corrected chi connectivity index (χ3v) is 3.68. The minimum Gasteiger partial charge on any atom is -0.508 e. The number of phenols is 3. The maximum atomic E-state index is 9.99. The van der Waals surface area contributed by atoms with Crippen molar-refractivity contribution in [3.8, 4) is 17.2 Å². The van der Waals surface area contributed by atoms with Gasteiger partial charge in [0.2, 0.25) is 0 Å². The van der Waals surface area contributed by atoms with E-state index in [0.717, 1.165) is 17.5 Å². The predicted octanol–water partition coefficient (Wildman–Crippen LogP) is 3.59. The monoisotopic (exact) mass is 314 g/mol. The summed E-state index contributed by atoms with van der Waals surface area (Å²) < 4.78 is 0. The Kier molecular flexibility index (Phi) is 6.06. The number of aryl methyl sites for hydroxylation is 1. The molecule has 0 aliphatic rings. The molecule has 0 spiro atoms. The number of benzene rings is 2. The van der Waals surface area contributed by atoms with Crippen molar-refractivity contribution in [1.29, 1.82) is 0 Å². The van der Waals surface area contributed by atoms with Gasteiger partial charge < -0.3 is 20.4 Å². The Morgan fingerprint density at radius 2 is 1.61 bits per heavy atom. The Labute approximate surface area is 136 Å². The van der Waals surface area contributed by atoms with Gasteiger partial charge in [-0.15, -0.1) is 0 Å². The molecule has 4 N–H and O–H groups in total. The highest BCUT2D eigenvalue weighted by Crippen LogP contribution is 2.25. The first-order chi connectivity index (χ1) is 11.0. The van der Waals surface area contributed by atoms with E-state index in [4.69, 9.17) is 0 Å². The molecule has 122 valence electrons. The van der Waals surface area contributed by atoms with Gasteiger partial charge in [-0.3, -0.25) is 0 Å². The van der Waals surface area contributed by atoms with E-state index in [9.17, 15) is 20.4 Å². The van der Waals surface area contributed by atoms with Crippen LogP contribution in [0.5, 0.6) is 17.2 Å². The van der Waals surface area contributed by atoms with Crippen molar-refractivity contribution < 1.29 is 20.4 Å². The van der Waals surface area contributed by atoms with Crippen LogP contribution in [0.2, 0.25) is 0 Å². The molecule has 2 aromatic carbocycles. The lowest BCUT2D eigenvalue weighted by molar-refractivity contribution is 0.156. The normalized spacial score (nSPS) is 12.6. The number of aliphatic hydroxyl groups excluding tert-OH is 1. The molecule has 0 aliphatic carbocycles. The molecule has 0 radical (unpaired) electrons. The van der Waals surface area contributed by atoms with Crippen molar-refractivity contribution in [3.63, 3.8) is 0 Å². The zero-order valence-electron chi connectivity index (χ0n) is 12.9. The molecule has 1 atom stereocenters. The molecule has 4 heteroatoms. The molecule has 0 fully saturated rings. The lowest BCUT2D eigenvalue weighted by Crippen LogP contribution is -2.07. The van der Waals surface area contributed by atoms with Gasteiger partial charge in [0.15, 0.2) is 11.5 Å². The SMILES string of the molecule is Oc1ccc(C=CCC[C@@H](O)CCc2ccc(O)c(O)c2)cc1. The Morgan fingerprint density at radius 3 is 2.30 bits per heavy atom. The molecule has 0 unspecified atom stereocenters. The van der Waals surface area contributed by atoms with Crippen molar-refractivity contribution in [1.82, 2.24) is 0 Å². The fraction of sp³-hybridized carbons (Fsp3) is 0.263. The average molecular weight is 314 g/mol. The van der Waals surface area contributed by atoms with E-state index < -0.39 is 6.10 Å². The van der Waals surface area contributed by atoms with E-state index in [2.05, 4.69) is 0 Å². The van der Waals surface area contributed by atoms with E-state index in [1.807, 2.05) is 24.3 Å². The van der Waals surface area contributed by atoms with Crippen LogP contribution < -0.4 is 0 Å². The van der Waals surface area contributed by atoms with Gasteiger partial charge in [0.05, 0.1) is 6.10 Å². The molecule has 0 heterocycles. The summed E-state index contributed by atoms with van der Waals surface area (Å²) in [6.45, 7) is 0. The largest absolute Gasteiger partial charge is 0.508 e. The zero-order valence-corrected chi connectivity index (χ0v) is 12.9. The minimum atomic E-state index is -0.407. The third-order valence-electron chi connectivity index (χ3n) is 3.68. The Balaban J connectivity index is 1.71. The van der Waals surface area contributed by atoms with Crippen molar-refractivity contribution in [2.24, 2.45) is 0 Å². The molecule has 0 aromatic heterocycles. The topological polar surface area (TPSA) is 80.9 Å². The van der Waals surface area contributed by atoms with Gasteiger partial charge in [-0.1, -0.05) is 30.4 Å². The van der Waals surface area contributed by atoms with Crippen LogP contribution in [0, 0.1) is 0 Å². The smallest absolute Gasteiger partial charge is 0.157 e. The molecular formula is C19H22O4. The molecule has 0 saturated carbocycles.